The zero-order chi connectivity index (χ0) is 11.1. The summed E-state index contributed by atoms with van der Waals surface area (Å²) in [6.07, 6.45) is 1.27. The zero-order valence-corrected chi connectivity index (χ0v) is 9.76. The maximum Gasteiger partial charge on any atom is 0.306 e. The van der Waals surface area contributed by atoms with E-state index in [1.807, 2.05) is 24.4 Å². The third kappa shape index (κ3) is 4.95. The van der Waals surface area contributed by atoms with Crippen molar-refractivity contribution in [2.75, 3.05) is 6.54 Å². The Labute approximate surface area is 94.2 Å². The Bertz CT molecular complexity index is 285. The predicted octanol–water partition coefficient (Wildman–Crippen LogP) is 2.17. The fraction of sp³-hybridized carbons (Fsp3) is 0.545. The molecular formula is C11H17NO2S. The summed E-state index contributed by atoms with van der Waals surface area (Å²) in [6, 6.07) is 3.91. The number of nitrogens with two attached hydrogens (primary N) is 1. The van der Waals surface area contributed by atoms with Crippen molar-refractivity contribution in [2.45, 2.75) is 26.4 Å². The molecule has 0 aliphatic carbocycles. The van der Waals surface area contributed by atoms with Crippen molar-refractivity contribution in [2.24, 2.45) is 11.7 Å². The summed E-state index contributed by atoms with van der Waals surface area (Å²) in [4.78, 5) is 12.4. The Kier molecular flexibility index (Phi) is 5.36. The quantitative estimate of drug-likeness (QED) is 0.758. The molecule has 0 aliphatic heterocycles. The topological polar surface area (TPSA) is 52.3 Å². The largest absolute Gasteiger partial charge is 0.460 e. The van der Waals surface area contributed by atoms with Crippen LogP contribution in [0.5, 0.6) is 0 Å². The molecule has 15 heavy (non-hydrogen) atoms. The summed E-state index contributed by atoms with van der Waals surface area (Å²) in [5.41, 5.74) is 5.46. The van der Waals surface area contributed by atoms with Gasteiger partial charge < -0.3 is 10.5 Å². The lowest BCUT2D eigenvalue weighted by Crippen LogP contribution is -2.13. The minimum Gasteiger partial charge on any atom is -0.460 e. The molecule has 0 fully saturated rings. The third-order valence-corrected chi connectivity index (χ3v) is 3.05. The van der Waals surface area contributed by atoms with E-state index in [2.05, 4.69) is 0 Å². The van der Waals surface area contributed by atoms with Crippen LogP contribution in [0.4, 0.5) is 0 Å². The van der Waals surface area contributed by atoms with E-state index in [1.54, 1.807) is 11.3 Å². The molecule has 0 radical (unpaired) electrons. The van der Waals surface area contributed by atoms with E-state index in [4.69, 9.17) is 10.5 Å². The second-order valence-electron chi connectivity index (χ2n) is 3.62. The summed E-state index contributed by atoms with van der Waals surface area (Å²) >= 11 is 1.60. The molecule has 1 heterocycles. The van der Waals surface area contributed by atoms with Crippen LogP contribution in [0, 0.1) is 5.92 Å². The molecule has 1 unspecified atom stereocenters. The highest BCUT2D eigenvalue weighted by molar-refractivity contribution is 7.09. The van der Waals surface area contributed by atoms with Crippen molar-refractivity contribution in [3.05, 3.63) is 22.4 Å². The van der Waals surface area contributed by atoms with E-state index >= 15 is 0 Å². The first-order valence-electron chi connectivity index (χ1n) is 5.10. The standard InChI is InChI=1S/C11H17NO2S/c1-9(7-12)4-5-11(13)14-8-10-3-2-6-15-10/h2-3,6,9H,4-5,7-8,12H2,1H3. The van der Waals surface area contributed by atoms with Crippen LogP contribution in [-0.4, -0.2) is 12.5 Å². The minimum atomic E-state index is -0.135. The van der Waals surface area contributed by atoms with Gasteiger partial charge in [0.25, 0.3) is 0 Å². The molecule has 0 saturated heterocycles. The van der Waals surface area contributed by atoms with Crippen LogP contribution in [0.15, 0.2) is 17.5 Å². The first-order valence-corrected chi connectivity index (χ1v) is 5.98. The summed E-state index contributed by atoms with van der Waals surface area (Å²) < 4.78 is 5.11. The van der Waals surface area contributed by atoms with Crippen LogP contribution in [0.25, 0.3) is 0 Å². The summed E-state index contributed by atoms with van der Waals surface area (Å²) in [5, 5.41) is 1.97. The van der Waals surface area contributed by atoms with Gasteiger partial charge >= 0.3 is 5.97 Å². The van der Waals surface area contributed by atoms with E-state index in [0.717, 1.165) is 11.3 Å². The predicted molar refractivity (Wildman–Crippen MR) is 61.6 cm³/mol. The number of ether oxygens (including phenoxy) is 1. The number of rotatable bonds is 6. The normalized spacial score (nSPS) is 12.4. The number of carbonyl (C=O) groups excluding carboxylic acids is 1. The lowest BCUT2D eigenvalue weighted by molar-refractivity contribution is -0.145. The van der Waals surface area contributed by atoms with Crippen LogP contribution in [0.3, 0.4) is 0 Å². The average molecular weight is 227 g/mol. The van der Waals surface area contributed by atoms with Crippen LogP contribution in [0.2, 0.25) is 0 Å². The monoisotopic (exact) mass is 227 g/mol. The second kappa shape index (κ2) is 6.58. The highest BCUT2D eigenvalue weighted by atomic mass is 32.1. The SMILES string of the molecule is CC(CN)CCC(=O)OCc1cccs1. The van der Waals surface area contributed by atoms with Gasteiger partial charge in [-0.2, -0.15) is 0 Å². The molecule has 3 nitrogen and oxygen atoms in total. The highest BCUT2D eigenvalue weighted by Gasteiger charge is 2.06. The molecule has 4 heteroatoms. The lowest BCUT2D eigenvalue weighted by atomic mass is 10.1. The minimum absolute atomic E-state index is 0.135. The second-order valence-corrected chi connectivity index (χ2v) is 4.65. The smallest absolute Gasteiger partial charge is 0.306 e. The maximum atomic E-state index is 11.3. The maximum absolute atomic E-state index is 11.3. The summed E-state index contributed by atoms with van der Waals surface area (Å²) in [6.45, 7) is 3.05. The van der Waals surface area contributed by atoms with E-state index in [0.29, 0.717) is 25.5 Å². The Balaban J connectivity index is 2.14. The molecule has 84 valence electrons. The molecule has 0 amide bonds. The van der Waals surface area contributed by atoms with Gasteiger partial charge in [0.2, 0.25) is 0 Å². The van der Waals surface area contributed by atoms with Crippen LogP contribution >= 0.6 is 11.3 Å². The number of carbonyl (C=O) groups is 1. The Morgan fingerprint density at radius 2 is 2.47 bits per heavy atom. The van der Waals surface area contributed by atoms with Crippen molar-refractivity contribution in [1.82, 2.24) is 0 Å². The number of hydrogen-bond donors (Lipinski definition) is 1. The van der Waals surface area contributed by atoms with Gasteiger partial charge in [0.05, 0.1) is 0 Å². The molecule has 1 atom stereocenters. The van der Waals surface area contributed by atoms with E-state index in [-0.39, 0.29) is 5.97 Å². The van der Waals surface area contributed by atoms with Crippen LogP contribution < -0.4 is 5.73 Å². The van der Waals surface area contributed by atoms with Gasteiger partial charge in [-0.15, -0.1) is 11.3 Å². The van der Waals surface area contributed by atoms with Crippen molar-refractivity contribution < 1.29 is 9.53 Å². The van der Waals surface area contributed by atoms with Gasteiger partial charge in [-0.25, -0.2) is 0 Å². The van der Waals surface area contributed by atoms with Gasteiger partial charge in [0.1, 0.15) is 6.61 Å². The third-order valence-electron chi connectivity index (χ3n) is 2.20. The summed E-state index contributed by atoms with van der Waals surface area (Å²) in [5.74, 6) is 0.253. The molecule has 0 saturated carbocycles. The first-order chi connectivity index (χ1) is 7.22. The number of thiophene rings is 1. The molecule has 1 aromatic heterocycles. The Morgan fingerprint density at radius 3 is 3.07 bits per heavy atom. The Hall–Kier alpha value is -0.870. The fourth-order valence-corrected chi connectivity index (χ4v) is 1.72. The summed E-state index contributed by atoms with van der Waals surface area (Å²) in [7, 11) is 0. The average Bonchev–Trinajstić information content (AvgIpc) is 2.75. The fourth-order valence-electron chi connectivity index (χ4n) is 1.10. The van der Waals surface area contributed by atoms with Crippen molar-refractivity contribution in [3.8, 4) is 0 Å². The van der Waals surface area contributed by atoms with Gasteiger partial charge in [0, 0.05) is 11.3 Å². The van der Waals surface area contributed by atoms with Gasteiger partial charge in [0.15, 0.2) is 0 Å². The molecule has 0 spiro atoms. The molecule has 0 aromatic carbocycles. The number of hydrogen-bond acceptors (Lipinski definition) is 4. The number of esters is 1. The van der Waals surface area contributed by atoms with E-state index in [1.165, 1.54) is 0 Å². The molecule has 1 aromatic rings. The van der Waals surface area contributed by atoms with Crippen molar-refractivity contribution in [3.63, 3.8) is 0 Å². The highest BCUT2D eigenvalue weighted by Crippen LogP contribution is 2.11. The molecule has 2 N–H and O–H groups in total. The Morgan fingerprint density at radius 1 is 1.67 bits per heavy atom. The van der Waals surface area contributed by atoms with Gasteiger partial charge in [-0.3, -0.25) is 4.79 Å². The van der Waals surface area contributed by atoms with Gasteiger partial charge in [-0.05, 0) is 30.3 Å². The zero-order valence-electron chi connectivity index (χ0n) is 8.94. The van der Waals surface area contributed by atoms with Crippen molar-refractivity contribution in [1.29, 1.82) is 0 Å². The van der Waals surface area contributed by atoms with Crippen molar-refractivity contribution >= 4 is 17.3 Å². The molecule has 1 rings (SSSR count). The van der Waals surface area contributed by atoms with Crippen LogP contribution in [0.1, 0.15) is 24.6 Å². The lowest BCUT2D eigenvalue weighted by Gasteiger charge is -2.07. The van der Waals surface area contributed by atoms with E-state index in [9.17, 15) is 4.79 Å². The van der Waals surface area contributed by atoms with E-state index < -0.39 is 0 Å². The molecule has 0 bridgehead atoms. The first kappa shape index (κ1) is 12.2. The molecular weight excluding hydrogens is 210 g/mol. The van der Waals surface area contributed by atoms with Gasteiger partial charge in [-0.1, -0.05) is 13.0 Å². The van der Waals surface area contributed by atoms with Crippen LogP contribution in [-0.2, 0) is 16.1 Å². The molecule has 0 aliphatic rings.